The third kappa shape index (κ3) is 5.99. The molecule has 0 aliphatic carbocycles. The topological polar surface area (TPSA) is 50.2 Å². The second kappa shape index (κ2) is 10.7. The van der Waals surface area contributed by atoms with Crippen LogP contribution < -0.4 is 5.32 Å². The quantitative estimate of drug-likeness (QED) is 0.573. The third-order valence-electron chi connectivity index (χ3n) is 5.70. The van der Waals surface area contributed by atoms with Crippen LogP contribution in [0.4, 0.5) is 0 Å². The minimum absolute atomic E-state index is 0.164. The van der Waals surface area contributed by atoms with Gasteiger partial charge in [0.25, 0.3) is 5.91 Å². The number of hydrogen-bond acceptors (Lipinski definition) is 3. The molecule has 2 atom stereocenters. The number of piperidine rings is 1. The van der Waals surface area contributed by atoms with Crippen molar-refractivity contribution in [1.82, 2.24) is 20.0 Å². The number of aryl methyl sites for hydroxylation is 1. The van der Waals surface area contributed by atoms with Gasteiger partial charge in [-0.05, 0) is 56.2 Å². The average Bonchev–Trinajstić information content (AvgIpc) is 2.95. The number of nitrogens with one attached hydrogen (secondary N) is 1. The molecule has 0 spiro atoms. The summed E-state index contributed by atoms with van der Waals surface area (Å²) in [6.45, 7) is 11.0. The summed E-state index contributed by atoms with van der Waals surface area (Å²) in [4.78, 5) is 15.2. The van der Waals surface area contributed by atoms with Gasteiger partial charge in [0.2, 0.25) is 0 Å². The van der Waals surface area contributed by atoms with E-state index in [4.69, 9.17) is 23.2 Å². The van der Waals surface area contributed by atoms with Gasteiger partial charge in [0, 0.05) is 24.7 Å². The number of aromatic nitrogens is 2. The summed E-state index contributed by atoms with van der Waals surface area (Å²) in [6, 6.07) is 7.57. The number of carbonyl (C=O) groups is 1. The molecule has 3 rings (SSSR count). The number of rotatable bonds is 8. The Balaban J connectivity index is 1.48. The fourth-order valence-corrected chi connectivity index (χ4v) is 4.94. The second-order valence-corrected chi connectivity index (χ2v) is 9.43. The van der Waals surface area contributed by atoms with E-state index in [1.165, 1.54) is 19.5 Å². The fourth-order valence-electron chi connectivity index (χ4n) is 4.43. The van der Waals surface area contributed by atoms with Crippen molar-refractivity contribution in [2.24, 2.45) is 11.8 Å². The van der Waals surface area contributed by atoms with Gasteiger partial charge in [-0.25, -0.2) is 4.68 Å². The van der Waals surface area contributed by atoms with Crippen LogP contribution in [-0.4, -0.2) is 46.8 Å². The maximum Gasteiger partial charge on any atom is 0.256 e. The van der Waals surface area contributed by atoms with Crippen LogP contribution in [0.1, 0.15) is 54.7 Å². The van der Waals surface area contributed by atoms with Gasteiger partial charge in [-0.15, -0.1) is 0 Å². The third-order valence-corrected chi connectivity index (χ3v) is 6.45. The monoisotopic (exact) mass is 450 g/mol. The van der Waals surface area contributed by atoms with Gasteiger partial charge in [-0.2, -0.15) is 5.10 Å². The van der Waals surface area contributed by atoms with Gasteiger partial charge in [0.15, 0.2) is 0 Å². The number of hydrogen-bond donors (Lipinski definition) is 1. The largest absolute Gasteiger partial charge is 0.352 e. The van der Waals surface area contributed by atoms with Gasteiger partial charge in [0.05, 0.1) is 17.8 Å². The number of halogens is 2. The molecule has 2 unspecified atom stereocenters. The van der Waals surface area contributed by atoms with Crippen LogP contribution in [-0.2, 0) is 6.54 Å². The van der Waals surface area contributed by atoms with Crippen LogP contribution in [0.2, 0.25) is 10.2 Å². The van der Waals surface area contributed by atoms with Crippen molar-refractivity contribution >= 4 is 29.1 Å². The van der Waals surface area contributed by atoms with Crippen LogP contribution in [0.25, 0.3) is 0 Å². The highest BCUT2D eigenvalue weighted by molar-refractivity contribution is 6.33. The van der Waals surface area contributed by atoms with E-state index in [-0.39, 0.29) is 5.91 Å². The molecule has 1 aliphatic rings. The van der Waals surface area contributed by atoms with E-state index in [9.17, 15) is 4.79 Å². The summed E-state index contributed by atoms with van der Waals surface area (Å²) in [7, 11) is 0. The molecule has 1 N–H and O–H groups in total. The van der Waals surface area contributed by atoms with Gasteiger partial charge >= 0.3 is 0 Å². The first-order valence-corrected chi connectivity index (χ1v) is 11.6. The number of nitrogens with zero attached hydrogens (tertiary/aromatic N) is 3. The first kappa shape index (κ1) is 23.1. The summed E-state index contributed by atoms with van der Waals surface area (Å²) in [6.07, 6.45) is 3.37. The van der Waals surface area contributed by atoms with E-state index in [1.807, 2.05) is 31.2 Å². The number of likely N-dealkylation sites (tertiary alicyclic amines) is 1. The van der Waals surface area contributed by atoms with Crippen LogP contribution in [0.5, 0.6) is 0 Å². The van der Waals surface area contributed by atoms with E-state index in [0.717, 1.165) is 36.8 Å². The molecule has 1 aromatic carbocycles. The Labute approximate surface area is 189 Å². The van der Waals surface area contributed by atoms with Crippen molar-refractivity contribution < 1.29 is 4.79 Å². The number of amides is 1. The SMILES string of the molecule is Cc1nn(Cc2ccccc2Cl)c(Cl)c1C(=O)NCCCCN1CC(C)CC(C)C1. The molecule has 1 fully saturated rings. The second-order valence-electron chi connectivity index (χ2n) is 8.67. The Morgan fingerprint density at radius 2 is 1.87 bits per heavy atom. The number of benzene rings is 1. The van der Waals surface area contributed by atoms with Crippen LogP contribution in [0.3, 0.4) is 0 Å². The maximum absolute atomic E-state index is 12.7. The van der Waals surface area contributed by atoms with E-state index >= 15 is 0 Å². The summed E-state index contributed by atoms with van der Waals surface area (Å²) < 4.78 is 1.63. The predicted molar refractivity (Wildman–Crippen MR) is 123 cm³/mol. The van der Waals surface area contributed by atoms with E-state index in [0.29, 0.717) is 34.5 Å². The fraction of sp³-hybridized carbons (Fsp3) is 0.565. The molecule has 1 amide bonds. The Morgan fingerprint density at radius 3 is 2.57 bits per heavy atom. The molecule has 2 aromatic rings. The standard InChI is InChI=1S/C23H32Cl2N4O/c1-16-12-17(2)14-28(13-16)11-7-6-10-26-23(30)21-18(3)27-29(22(21)25)15-19-8-4-5-9-20(19)24/h4-5,8-9,16-17H,6-7,10-15H2,1-3H3,(H,26,30). The highest BCUT2D eigenvalue weighted by Gasteiger charge is 2.22. The Bertz CT molecular complexity index is 857. The van der Waals surface area contributed by atoms with Crippen LogP contribution in [0, 0.1) is 18.8 Å². The summed E-state index contributed by atoms with van der Waals surface area (Å²) in [5.41, 5.74) is 1.99. The molecular formula is C23H32Cl2N4O. The first-order valence-electron chi connectivity index (χ1n) is 10.8. The summed E-state index contributed by atoms with van der Waals surface area (Å²) >= 11 is 12.7. The van der Waals surface area contributed by atoms with E-state index in [1.54, 1.807) is 4.68 Å². The highest BCUT2D eigenvalue weighted by atomic mass is 35.5. The zero-order chi connectivity index (χ0) is 21.7. The Hall–Kier alpha value is -1.56. The van der Waals surface area contributed by atoms with E-state index < -0.39 is 0 Å². The Kier molecular flexibility index (Phi) is 8.20. The lowest BCUT2D eigenvalue weighted by Gasteiger charge is -2.34. The molecule has 1 aromatic heterocycles. The number of carbonyl (C=O) groups excluding carboxylic acids is 1. The normalized spacial score (nSPS) is 19.8. The zero-order valence-corrected chi connectivity index (χ0v) is 19.6. The van der Waals surface area contributed by atoms with Crippen molar-refractivity contribution in [1.29, 1.82) is 0 Å². The molecule has 1 saturated heterocycles. The van der Waals surface area contributed by atoms with Crippen molar-refractivity contribution in [2.45, 2.75) is 46.6 Å². The lowest BCUT2D eigenvalue weighted by molar-refractivity contribution is 0.0951. The van der Waals surface area contributed by atoms with Crippen LogP contribution >= 0.6 is 23.2 Å². The maximum atomic E-state index is 12.7. The zero-order valence-electron chi connectivity index (χ0n) is 18.1. The molecule has 7 heteroatoms. The molecule has 2 heterocycles. The van der Waals surface area contributed by atoms with Crippen LogP contribution in [0.15, 0.2) is 24.3 Å². The van der Waals surface area contributed by atoms with Gasteiger partial charge in [-0.1, -0.05) is 55.2 Å². The molecule has 5 nitrogen and oxygen atoms in total. The van der Waals surface area contributed by atoms with Crippen molar-refractivity contribution in [3.63, 3.8) is 0 Å². The van der Waals surface area contributed by atoms with E-state index in [2.05, 4.69) is 29.2 Å². The van der Waals surface area contributed by atoms with Crippen molar-refractivity contribution in [3.05, 3.63) is 51.3 Å². The molecule has 0 bridgehead atoms. The van der Waals surface area contributed by atoms with Gasteiger partial charge in [-0.3, -0.25) is 4.79 Å². The van der Waals surface area contributed by atoms with Gasteiger partial charge in [0.1, 0.15) is 5.15 Å². The lowest BCUT2D eigenvalue weighted by atomic mass is 9.92. The molecule has 0 radical (unpaired) electrons. The summed E-state index contributed by atoms with van der Waals surface area (Å²) in [5, 5.41) is 8.46. The summed E-state index contributed by atoms with van der Waals surface area (Å²) in [5.74, 6) is 1.39. The minimum atomic E-state index is -0.164. The first-order chi connectivity index (χ1) is 14.3. The number of unbranched alkanes of at least 4 members (excludes halogenated alkanes) is 1. The highest BCUT2D eigenvalue weighted by Crippen LogP contribution is 2.24. The van der Waals surface area contributed by atoms with Crippen molar-refractivity contribution in [2.75, 3.05) is 26.2 Å². The minimum Gasteiger partial charge on any atom is -0.352 e. The molecule has 0 saturated carbocycles. The van der Waals surface area contributed by atoms with Gasteiger partial charge < -0.3 is 10.2 Å². The molecule has 164 valence electrons. The molecule has 30 heavy (non-hydrogen) atoms. The molecular weight excluding hydrogens is 419 g/mol. The molecule has 1 aliphatic heterocycles. The lowest BCUT2D eigenvalue weighted by Crippen LogP contribution is -2.39. The van der Waals surface area contributed by atoms with Crippen molar-refractivity contribution in [3.8, 4) is 0 Å². The average molecular weight is 451 g/mol. The predicted octanol–water partition coefficient (Wildman–Crippen LogP) is 5.03. The Morgan fingerprint density at radius 1 is 1.17 bits per heavy atom. The smallest absolute Gasteiger partial charge is 0.256 e.